The minimum Gasteiger partial charge on any atom is -0.453 e. The third-order valence-corrected chi connectivity index (χ3v) is 5.99. The Labute approximate surface area is 192 Å². The molecule has 1 aromatic heterocycles. The first-order valence-corrected chi connectivity index (χ1v) is 11.5. The molecule has 172 valence electrons. The average molecular weight is 461 g/mol. The van der Waals surface area contributed by atoms with E-state index in [1.807, 2.05) is 32.0 Å². The number of rotatable bonds is 11. The summed E-state index contributed by atoms with van der Waals surface area (Å²) in [6.45, 7) is 4.50. The number of ketones is 2. The number of para-hydroxylation sites is 1. The highest BCUT2D eigenvalue weighted by Gasteiger charge is 2.31. The van der Waals surface area contributed by atoms with Crippen LogP contribution in [0, 0.1) is 17.8 Å². The van der Waals surface area contributed by atoms with Crippen LogP contribution < -0.4 is 5.32 Å². The van der Waals surface area contributed by atoms with Crippen molar-refractivity contribution in [1.29, 1.82) is 0 Å². The van der Waals surface area contributed by atoms with Gasteiger partial charge in [0.2, 0.25) is 11.8 Å². The first-order valence-electron chi connectivity index (χ1n) is 10.9. The van der Waals surface area contributed by atoms with E-state index in [-0.39, 0.29) is 60.5 Å². The van der Waals surface area contributed by atoms with E-state index in [4.69, 9.17) is 16.0 Å². The zero-order chi connectivity index (χ0) is 23.3. The maximum Gasteiger partial charge on any atom is 0.237 e. The minimum absolute atomic E-state index is 0.00363. The van der Waals surface area contributed by atoms with Crippen molar-refractivity contribution >= 4 is 46.0 Å². The van der Waals surface area contributed by atoms with Gasteiger partial charge in [-0.15, -0.1) is 11.6 Å². The SMILES string of the molecule is CC(C)C[C@H](CC(=O)c1cc2ccccc2o1)C(=O)CN(C[C@@H]1CCNC1=O)C(=O)CCl. The second-order valence-corrected chi connectivity index (χ2v) is 9.02. The van der Waals surface area contributed by atoms with E-state index in [2.05, 4.69) is 5.32 Å². The Kier molecular flexibility index (Phi) is 8.07. The number of alkyl halides is 1. The number of nitrogens with one attached hydrogen (secondary N) is 1. The lowest BCUT2D eigenvalue weighted by Crippen LogP contribution is -2.43. The van der Waals surface area contributed by atoms with Crippen LogP contribution in [0.25, 0.3) is 11.0 Å². The van der Waals surface area contributed by atoms with Crippen LogP contribution in [0.15, 0.2) is 34.7 Å². The molecule has 1 aromatic carbocycles. The van der Waals surface area contributed by atoms with Crippen molar-refractivity contribution in [2.75, 3.05) is 25.5 Å². The van der Waals surface area contributed by atoms with Crippen LogP contribution in [0.5, 0.6) is 0 Å². The Morgan fingerprint density at radius 3 is 2.62 bits per heavy atom. The second kappa shape index (κ2) is 10.8. The molecule has 7 nitrogen and oxygen atoms in total. The second-order valence-electron chi connectivity index (χ2n) is 8.75. The fraction of sp³-hybridized carbons (Fsp3) is 0.500. The predicted octanol–water partition coefficient (Wildman–Crippen LogP) is 3.44. The first-order chi connectivity index (χ1) is 15.3. The lowest BCUT2D eigenvalue weighted by atomic mass is 9.88. The quantitative estimate of drug-likeness (QED) is 0.409. The van der Waals surface area contributed by atoms with Crippen LogP contribution in [0.4, 0.5) is 0 Å². The van der Waals surface area contributed by atoms with Crippen molar-refractivity contribution in [3.05, 3.63) is 36.1 Å². The maximum absolute atomic E-state index is 13.2. The molecule has 0 bridgehead atoms. The van der Waals surface area contributed by atoms with Gasteiger partial charge in [0.1, 0.15) is 11.5 Å². The van der Waals surface area contributed by atoms with Gasteiger partial charge in [0.25, 0.3) is 0 Å². The summed E-state index contributed by atoms with van der Waals surface area (Å²) < 4.78 is 5.67. The summed E-state index contributed by atoms with van der Waals surface area (Å²) in [7, 11) is 0. The van der Waals surface area contributed by atoms with Gasteiger partial charge in [0, 0.05) is 30.8 Å². The zero-order valence-electron chi connectivity index (χ0n) is 18.4. The lowest BCUT2D eigenvalue weighted by Gasteiger charge is -2.26. The number of amides is 2. The standard InChI is InChI=1S/C24H29ClN2O5/c1-15(2)9-18(10-19(28)22-11-16-5-3-4-6-21(16)32-22)20(29)14-27(23(30)12-25)13-17-7-8-26-24(17)31/h3-6,11,15,17-18H,7-10,12-14H2,1-2H3,(H,26,31)/t17-,18+/m0/s1. The number of nitrogens with zero attached hydrogens (tertiary/aromatic N) is 1. The first kappa shape index (κ1) is 24.0. The summed E-state index contributed by atoms with van der Waals surface area (Å²) in [6.07, 6.45) is 1.13. The van der Waals surface area contributed by atoms with E-state index < -0.39 is 11.8 Å². The van der Waals surface area contributed by atoms with E-state index >= 15 is 0 Å². The number of carbonyl (C=O) groups is 4. The zero-order valence-corrected chi connectivity index (χ0v) is 19.2. The summed E-state index contributed by atoms with van der Waals surface area (Å²) in [5, 5.41) is 3.57. The van der Waals surface area contributed by atoms with Gasteiger partial charge in [-0.05, 0) is 30.9 Å². The molecule has 1 saturated heterocycles. The summed E-state index contributed by atoms with van der Waals surface area (Å²) in [5.74, 6) is -1.74. The van der Waals surface area contributed by atoms with E-state index in [0.29, 0.717) is 25.0 Å². The van der Waals surface area contributed by atoms with Crippen molar-refractivity contribution < 1.29 is 23.6 Å². The van der Waals surface area contributed by atoms with Crippen molar-refractivity contribution in [2.45, 2.75) is 33.1 Å². The van der Waals surface area contributed by atoms with Crippen molar-refractivity contribution in [3.63, 3.8) is 0 Å². The average Bonchev–Trinajstić information content (AvgIpc) is 3.37. The normalized spacial score (nSPS) is 16.9. The molecule has 0 radical (unpaired) electrons. The molecule has 8 heteroatoms. The van der Waals surface area contributed by atoms with Crippen molar-refractivity contribution in [1.82, 2.24) is 10.2 Å². The van der Waals surface area contributed by atoms with E-state index in [9.17, 15) is 19.2 Å². The Hall–Kier alpha value is -2.67. The molecule has 1 aliphatic rings. The summed E-state index contributed by atoms with van der Waals surface area (Å²) in [6, 6.07) is 9.04. The Morgan fingerprint density at radius 1 is 1.25 bits per heavy atom. The van der Waals surface area contributed by atoms with Gasteiger partial charge in [-0.25, -0.2) is 0 Å². The van der Waals surface area contributed by atoms with Gasteiger partial charge in [-0.2, -0.15) is 0 Å². The van der Waals surface area contributed by atoms with E-state index in [0.717, 1.165) is 5.39 Å². The molecule has 1 N–H and O–H groups in total. The molecule has 0 spiro atoms. The molecule has 1 fully saturated rings. The fourth-order valence-electron chi connectivity index (χ4n) is 4.08. The smallest absolute Gasteiger partial charge is 0.237 e. The molecule has 3 rings (SSSR count). The van der Waals surface area contributed by atoms with Crippen LogP contribution in [0.2, 0.25) is 0 Å². The molecule has 0 saturated carbocycles. The molecular weight excluding hydrogens is 432 g/mol. The largest absolute Gasteiger partial charge is 0.453 e. The number of fused-ring (bicyclic) bond motifs is 1. The van der Waals surface area contributed by atoms with Gasteiger partial charge in [0.15, 0.2) is 17.3 Å². The Balaban J connectivity index is 1.72. The summed E-state index contributed by atoms with van der Waals surface area (Å²) in [5.41, 5.74) is 0.622. The highest BCUT2D eigenvalue weighted by atomic mass is 35.5. The summed E-state index contributed by atoms with van der Waals surface area (Å²) in [4.78, 5) is 51.7. The van der Waals surface area contributed by atoms with Crippen LogP contribution >= 0.6 is 11.6 Å². The molecule has 0 unspecified atom stereocenters. The van der Waals surface area contributed by atoms with E-state index in [1.165, 1.54) is 4.90 Å². The monoisotopic (exact) mass is 460 g/mol. The number of hydrogen-bond donors (Lipinski definition) is 1. The topological polar surface area (TPSA) is 96.7 Å². The van der Waals surface area contributed by atoms with E-state index in [1.54, 1.807) is 12.1 Å². The Morgan fingerprint density at radius 2 is 2.00 bits per heavy atom. The van der Waals surface area contributed by atoms with Crippen LogP contribution in [-0.2, 0) is 14.4 Å². The number of hydrogen-bond acceptors (Lipinski definition) is 5. The number of Topliss-reactive ketones (excluding diaryl/α,β-unsaturated/α-hetero) is 2. The number of halogens is 1. The van der Waals surface area contributed by atoms with Crippen LogP contribution in [-0.4, -0.2) is 53.8 Å². The fourth-order valence-corrected chi connectivity index (χ4v) is 4.25. The number of benzene rings is 1. The van der Waals surface area contributed by atoms with Crippen LogP contribution in [0.3, 0.4) is 0 Å². The van der Waals surface area contributed by atoms with Gasteiger partial charge in [0.05, 0.1) is 12.5 Å². The molecule has 2 aromatic rings. The third kappa shape index (κ3) is 5.97. The molecular formula is C24H29ClN2O5. The van der Waals surface area contributed by atoms with Crippen molar-refractivity contribution in [3.8, 4) is 0 Å². The van der Waals surface area contributed by atoms with Gasteiger partial charge in [-0.1, -0.05) is 32.0 Å². The lowest BCUT2D eigenvalue weighted by molar-refractivity contribution is -0.136. The molecule has 2 heterocycles. The molecule has 1 aliphatic heterocycles. The highest BCUT2D eigenvalue weighted by Crippen LogP contribution is 2.24. The highest BCUT2D eigenvalue weighted by molar-refractivity contribution is 6.27. The number of carbonyl (C=O) groups excluding carboxylic acids is 4. The minimum atomic E-state index is -0.557. The summed E-state index contributed by atoms with van der Waals surface area (Å²) >= 11 is 5.75. The van der Waals surface area contributed by atoms with Gasteiger partial charge >= 0.3 is 0 Å². The maximum atomic E-state index is 13.2. The third-order valence-electron chi connectivity index (χ3n) is 5.76. The molecule has 2 atom stereocenters. The van der Waals surface area contributed by atoms with Gasteiger partial charge in [-0.3, -0.25) is 19.2 Å². The molecule has 0 aliphatic carbocycles. The Bertz CT molecular complexity index is 966. The van der Waals surface area contributed by atoms with Crippen LogP contribution in [0.1, 0.15) is 43.7 Å². The van der Waals surface area contributed by atoms with Gasteiger partial charge < -0.3 is 14.6 Å². The van der Waals surface area contributed by atoms with Crippen molar-refractivity contribution in [2.24, 2.45) is 17.8 Å². The predicted molar refractivity (Wildman–Crippen MR) is 122 cm³/mol. The number of furan rings is 1. The molecule has 32 heavy (non-hydrogen) atoms. The molecule has 2 amide bonds.